The van der Waals surface area contributed by atoms with Crippen LogP contribution >= 0.6 is 0 Å². The van der Waals surface area contributed by atoms with E-state index in [1.807, 2.05) is 19.1 Å². The van der Waals surface area contributed by atoms with Crippen LogP contribution in [0.5, 0.6) is 5.75 Å². The standard InChI is InChI=1S/C15H23NO2/c1-2-18-15-5-3-14(4-6-15)16-10-7-13(8-11-16)9-12-17/h3-6,13,17H,2,7-12H2,1H3. The van der Waals surface area contributed by atoms with Gasteiger partial charge in [-0.15, -0.1) is 0 Å². The Kier molecular flexibility index (Phi) is 4.88. The molecule has 2 rings (SSSR count). The van der Waals surface area contributed by atoms with Crippen molar-refractivity contribution in [3.8, 4) is 5.75 Å². The molecule has 0 bridgehead atoms. The minimum Gasteiger partial charge on any atom is -0.494 e. The molecule has 0 atom stereocenters. The number of aliphatic hydroxyl groups excluding tert-OH is 1. The first-order valence-corrected chi connectivity index (χ1v) is 6.92. The smallest absolute Gasteiger partial charge is 0.119 e. The summed E-state index contributed by atoms with van der Waals surface area (Å²) in [5.74, 6) is 1.64. The number of hydrogen-bond acceptors (Lipinski definition) is 3. The van der Waals surface area contributed by atoms with Crippen LogP contribution in [0.15, 0.2) is 24.3 Å². The number of anilines is 1. The number of aliphatic hydroxyl groups is 1. The predicted octanol–water partition coefficient (Wildman–Crippen LogP) is 2.68. The summed E-state index contributed by atoms with van der Waals surface area (Å²) in [6, 6.07) is 8.35. The molecule has 0 unspecified atom stereocenters. The van der Waals surface area contributed by atoms with Gasteiger partial charge in [-0.1, -0.05) is 0 Å². The van der Waals surface area contributed by atoms with Crippen molar-refractivity contribution in [2.75, 3.05) is 31.2 Å². The van der Waals surface area contributed by atoms with Crippen molar-refractivity contribution in [2.24, 2.45) is 5.92 Å². The molecule has 0 aliphatic carbocycles. The van der Waals surface area contributed by atoms with Gasteiger partial charge in [0.2, 0.25) is 0 Å². The molecular formula is C15H23NO2. The molecule has 0 spiro atoms. The van der Waals surface area contributed by atoms with Crippen molar-refractivity contribution in [3.05, 3.63) is 24.3 Å². The van der Waals surface area contributed by atoms with Crippen molar-refractivity contribution in [3.63, 3.8) is 0 Å². The predicted molar refractivity (Wildman–Crippen MR) is 74.3 cm³/mol. The third-order valence-electron chi connectivity index (χ3n) is 3.66. The average molecular weight is 249 g/mol. The number of piperidine rings is 1. The van der Waals surface area contributed by atoms with E-state index in [2.05, 4.69) is 17.0 Å². The SMILES string of the molecule is CCOc1ccc(N2CCC(CCO)CC2)cc1. The quantitative estimate of drug-likeness (QED) is 0.871. The van der Waals surface area contributed by atoms with Gasteiger partial charge < -0.3 is 14.7 Å². The fraction of sp³-hybridized carbons (Fsp3) is 0.600. The van der Waals surface area contributed by atoms with Gasteiger partial charge in [0.05, 0.1) is 6.61 Å². The molecule has 18 heavy (non-hydrogen) atoms. The van der Waals surface area contributed by atoms with Crippen LogP contribution in [0.2, 0.25) is 0 Å². The molecule has 0 aromatic heterocycles. The first kappa shape index (κ1) is 13.2. The third-order valence-corrected chi connectivity index (χ3v) is 3.66. The van der Waals surface area contributed by atoms with Crippen LogP contribution in [0.1, 0.15) is 26.2 Å². The van der Waals surface area contributed by atoms with Gasteiger partial charge in [0.25, 0.3) is 0 Å². The minimum atomic E-state index is 0.327. The largest absolute Gasteiger partial charge is 0.494 e. The van der Waals surface area contributed by atoms with Gasteiger partial charge in [0.15, 0.2) is 0 Å². The fourth-order valence-electron chi connectivity index (χ4n) is 2.58. The molecule has 1 N–H and O–H groups in total. The number of hydrogen-bond donors (Lipinski definition) is 1. The Balaban J connectivity index is 1.89. The highest BCUT2D eigenvalue weighted by molar-refractivity contribution is 5.49. The van der Waals surface area contributed by atoms with Crippen LogP contribution in [0.25, 0.3) is 0 Å². The van der Waals surface area contributed by atoms with Crippen molar-refractivity contribution in [1.29, 1.82) is 0 Å². The van der Waals surface area contributed by atoms with E-state index >= 15 is 0 Å². The second kappa shape index (κ2) is 6.64. The maximum atomic E-state index is 8.95. The van der Waals surface area contributed by atoms with Gasteiger partial charge in [0.1, 0.15) is 5.75 Å². The summed E-state index contributed by atoms with van der Waals surface area (Å²) >= 11 is 0. The van der Waals surface area contributed by atoms with Crippen LogP contribution in [0, 0.1) is 5.92 Å². The van der Waals surface area contributed by atoms with Crippen molar-refractivity contribution < 1.29 is 9.84 Å². The molecule has 1 fully saturated rings. The van der Waals surface area contributed by atoms with Crippen LogP contribution < -0.4 is 9.64 Å². The van der Waals surface area contributed by atoms with Crippen LogP contribution in [0.3, 0.4) is 0 Å². The lowest BCUT2D eigenvalue weighted by molar-refractivity contribution is 0.240. The molecule has 1 aromatic rings. The molecule has 100 valence electrons. The Labute approximate surface area is 109 Å². The Hall–Kier alpha value is -1.22. The summed E-state index contributed by atoms with van der Waals surface area (Å²) in [6.07, 6.45) is 3.33. The van der Waals surface area contributed by atoms with Crippen LogP contribution in [-0.2, 0) is 0 Å². The first-order valence-electron chi connectivity index (χ1n) is 6.92. The highest BCUT2D eigenvalue weighted by atomic mass is 16.5. The molecule has 1 aliphatic heterocycles. The van der Waals surface area contributed by atoms with Crippen molar-refractivity contribution in [2.45, 2.75) is 26.2 Å². The molecule has 0 saturated carbocycles. The van der Waals surface area contributed by atoms with E-state index in [1.54, 1.807) is 0 Å². The van der Waals surface area contributed by atoms with E-state index in [0.717, 1.165) is 25.3 Å². The lowest BCUT2D eigenvalue weighted by Crippen LogP contribution is -2.33. The molecular weight excluding hydrogens is 226 g/mol. The molecule has 1 aromatic carbocycles. The van der Waals surface area contributed by atoms with Gasteiger partial charge in [-0.25, -0.2) is 0 Å². The van der Waals surface area contributed by atoms with Crippen molar-refractivity contribution in [1.82, 2.24) is 0 Å². The lowest BCUT2D eigenvalue weighted by Gasteiger charge is -2.33. The maximum Gasteiger partial charge on any atom is 0.119 e. The van der Waals surface area contributed by atoms with E-state index in [9.17, 15) is 0 Å². The zero-order valence-corrected chi connectivity index (χ0v) is 11.1. The molecule has 0 radical (unpaired) electrons. The van der Waals surface area contributed by atoms with Crippen molar-refractivity contribution >= 4 is 5.69 Å². The number of rotatable bonds is 5. The van der Waals surface area contributed by atoms with Gasteiger partial charge in [-0.3, -0.25) is 0 Å². The average Bonchev–Trinajstić information content (AvgIpc) is 2.41. The zero-order valence-electron chi connectivity index (χ0n) is 11.1. The number of nitrogens with zero attached hydrogens (tertiary/aromatic N) is 1. The van der Waals surface area contributed by atoms with E-state index < -0.39 is 0 Å². The summed E-state index contributed by atoms with van der Waals surface area (Å²) in [4.78, 5) is 2.42. The topological polar surface area (TPSA) is 32.7 Å². The number of ether oxygens (including phenoxy) is 1. The summed E-state index contributed by atoms with van der Waals surface area (Å²) in [5, 5.41) is 8.95. The van der Waals surface area contributed by atoms with Gasteiger partial charge in [0, 0.05) is 25.4 Å². The maximum absolute atomic E-state index is 8.95. The highest BCUT2D eigenvalue weighted by Crippen LogP contribution is 2.26. The monoisotopic (exact) mass is 249 g/mol. The Bertz CT molecular complexity index is 342. The van der Waals surface area contributed by atoms with E-state index in [1.165, 1.54) is 18.5 Å². The molecule has 1 saturated heterocycles. The summed E-state index contributed by atoms with van der Waals surface area (Å²) in [6.45, 7) is 5.23. The molecule has 0 amide bonds. The second-order valence-electron chi connectivity index (χ2n) is 4.87. The minimum absolute atomic E-state index is 0.327. The Morgan fingerprint density at radius 3 is 2.44 bits per heavy atom. The van der Waals surface area contributed by atoms with Crippen LogP contribution in [0.4, 0.5) is 5.69 Å². The Morgan fingerprint density at radius 2 is 1.89 bits per heavy atom. The first-order chi connectivity index (χ1) is 8.83. The molecule has 3 heteroatoms. The van der Waals surface area contributed by atoms with E-state index in [0.29, 0.717) is 19.1 Å². The number of benzene rings is 1. The molecule has 1 heterocycles. The normalized spacial score (nSPS) is 16.9. The fourth-order valence-corrected chi connectivity index (χ4v) is 2.58. The third kappa shape index (κ3) is 3.39. The zero-order chi connectivity index (χ0) is 12.8. The molecule has 1 aliphatic rings. The van der Waals surface area contributed by atoms with E-state index in [-0.39, 0.29) is 0 Å². The van der Waals surface area contributed by atoms with Gasteiger partial charge in [-0.2, -0.15) is 0 Å². The summed E-state index contributed by atoms with van der Waals surface area (Å²) in [7, 11) is 0. The van der Waals surface area contributed by atoms with E-state index in [4.69, 9.17) is 9.84 Å². The van der Waals surface area contributed by atoms with Crippen LogP contribution in [-0.4, -0.2) is 31.4 Å². The van der Waals surface area contributed by atoms with Gasteiger partial charge >= 0.3 is 0 Å². The summed E-state index contributed by atoms with van der Waals surface area (Å²) in [5.41, 5.74) is 1.28. The second-order valence-corrected chi connectivity index (χ2v) is 4.87. The Morgan fingerprint density at radius 1 is 1.22 bits per heavy atom. The molecule has 3 nitrogen and oxygen atoms in total. The van der Waals surface area contributed by atoms with Gasteiger partial charge in [-0.05, 0) is 56.4 Å². The lowest BCUT2D eigenvalue weighted by atomic mass is 9.93. The summed E-state index contributed by atoms with van der Waals surface area (Å²) < 4.78 is 5.45. The highest BCUT2D eigenvalue weighted by Gasteiger charge is 2.18.